The van der Waals surface area contributed by atoms with Crippen molar-refractivity contribution in [3.05, 3.63) is 80.3 Å². The number of nitrogens with zero attached hydrogens (tertiary/aromatic N) is 5. The molecule has 1 N–H and O–H groups in total. The molecule has 1 aromatic heterocycles. The van der Waals surface area contributed by atoms with Gasteiger partial charge in [-0.2, -0.15) is 0 Å². The number of likely N-dealkylation sites (N-methyl/N-ethyl adjacent to an activating group) is 1. The first-order valence-corrected chi connectivity index (χ1v) is 10.6. The summed E-state index contributed by atoms with van der Waals surface area (Å²) in [6, 6.07) is 13.5. The summed E-state index contributed by atoms with van der Waals surface area (Å²) in [6.45, 7) is 4.69. The first-order valence-electron chi connectivity index (χ1n) is 10.6. The van der Waals surface area contributed by atoms with E-state index in [1.54, 1.807) is 42.9 Å². The van der Waals surface area contributed by atoms with Gasteiger partial charge >= 0.3 is 0 Å². The van der Waals surface area contributed by atoms with E-state index >= 15 is 0 Å². The maximum Gasteiger partial charge on any atom is 0.295 e. The van der Waals surface area contributed by atoms with Crippen LogP contribution in [0.1, 0.15) is 16.1 Å². The molecule has 1 fully saturated rings. The van der Waals surface area contributed by atoms with Gasteiger partial charge in [0.15, 0.2) is 0 Å². The van der Waals surface area contributed by atoms with Crippen LogP contribution >= 0.6 is 0 Å². The Morgan fingerprint density at radius 3 is 2.33 bits per heavy atom. The number of piperazine rings is 1. The highest BCUT2D eigenvalue weighted by Crippen LogP contribution is 2.30. The number of carbonyl (C=O) groups is 1. The summed E-state index contributed by atoms with van der Waals surface area (Å²) in [5.41, 5.74) is 1.48. The monoisotopic (exact) mass is 450 g/mol. The van der Waals surface area contributed by atoms with E-state index in [2.05, 4.69) is 10.2 Å². The fourth-order valence-corrected chi connectivity index (χ4v) is 4.02. The van der Waals surface area contributed by atoms with Crippen molar-refractivity contribution in [2.24, 2.45) is 7.05 Å². The zero-order valence-corrected chi connectivity index (χ0v) is 18.8. The van der Waals surface area contributed by atoms with Crippen molar-refractivity contribution in [1.29, 1.82) is 0 Å². The average Bonchev–Trinajstić information content (AvgIpc) is 3.02. The van der Waals surface area contributed by atoms with E-state index in [9.17, 15) is 19.7 Å². The Morgan fingerprint density at radius 2 is 1.70 bits per heavy atom. The first kappa shape index (κ1) is 22.3. The fraction of sp³-hybridized carbons (Fsp3) is 0.304. The summed E-state index contributed by atoms with van der Waals surface area (Å²) in [7, 11) is 3.74. The molecule has 1 aliphatic heterocycles. The van der Waals surface area contributed by atoms with E-state index in [4.69, 9.17) is 0 Å². The van der Waals surface area contributed by atoms with E-state index in [-0.39, 0.29) is 22.5 Å². The third-order valence-corrected chi connectivity index (χ3v) is 6.07. The summed E-state index contributed by atoms with van der Waals surface area (Å²) in [5, 5.41) is 14.4. The maximum absolute atomic E-state index is 13.0. The van der Waals surface area contributed by atoms with Crippen LogP contribution in [0.2, 0.25) is 0 Å². The molecular weight excluding hydrogens is 424 g/mol. The Labute approximate surface area is 190 Å². The molecule has 1 saturated heterocycles. The molecular formula is C23H26N6O4. The third kappa shape index (κ3) is 4.24. The molecule has 0 unspecified atom stereocenters. The molecule has 3 aromatic rings. The molecule has 0 bridgehead atoms. The highest BCUT2D eigenvalue weighted by Gasteiger charge is 2.25. The number of anilines is 2. The number of hydrogen-bond donors (Lipinski definition) is 1. The minimum Gasteiger partial charge on any atom is -0.363 e. The second-order valence-corrected chi connectivity index (χ2v) is 8.14. The van der Waals surface area contributed by atoms with Crippen molar-refractivity contribution in [1.82, 2.24) is 14.3 Å². The second kappa shape index (κ2) is 8.91. The summed E-state index contributed by atoms with van der Waals surface area (Å²) in [6.07, 6.45) is 0. The van der Waals surface area contributed by atoms with Crippen LogP contribution in [-0.2, 0) is 7.05 Å². The number of para-hydroxylation sites is 1. The van der Waals surface area contributed by atoms with Crippen LogP contribution in [0.3, 0.4) is 0 Å². The molecule has 172 valence electrons. The van der Waals surface area contributed by atoms with Crippen LogP contribution in [0.15, 0.2) is 53.3 Å². The van der Waals surface area contributed by atoms with Crippen LogP contribution < -0.4 is 15.8 Å². The van der Waals surface area contributed by atoms with Crippen LogP contribution in [0.25, 0.3) is 5.69 Å². The lowest BCUT2D eigenvalue weighted by Crippen LogP contribution is -2.44. The molecule has 0 saturated carbocycles. The standard InChI is InChI=1S/C23H26N6O4/c1-16-21(23(31)28(26(16)3)18-7-5-4-6-8-18)24-22(30)17-9-10-19(20(15-17)29(32)33)27-13-11-25(2)12-14-27/h4-10,15H,11-14H2,1-3H3,(H,24,30). The lowest BCUT2D eigenvalue weighted by molar-refractivity contribution is -0.384. The molecule has 1 aliphatic rings. The molecule has 1 amide bonds. The Kier molecular flexibility index (Phi) is 6.01. The molecule has 10 nitrogen and oxygen atoms in total. The third-order valence-electron chi connectivity index (χ3n) is 6.07. The lowest BCUT2D eigenvalue weighted by atomic mass is 10.1. The number of carbonyl (C=O) groups excluding carboxylic acids is 1. The second-order valence-electron chi connectivity index (χ2n) is 8.14. The normalized spacial score (nSPS) is 14.3. The van der Waals surface area contributed by atoms with Crippen molar-refractivity contribution >= 4 is 23.0 Å². The molecule has 33 heavy (non-hydrogen) atoms. The van der Waals surface area contributed by atoms with Gasteiger partial charge in [0.1, 0.15) is 11.4 Å². The molecule has 4 rings (SSSR count). The average molecular weight is 450 g/mol. The van der Waals surface area contributed by atoms with Gasteiger partial charge in [-0.3, -0.25) is 24.4 Å². The van der Waals surface area contributed by atoms with E-state index in [0.717, 1.165) is 13.1 Å². The molecule has 0 aliphatic carbocycles. The van der Waals surface area contributed by atoms with Crippen molar-refractivity contribution in [3.8, 4) is 5.69 Å². The van der Waals surface area contributed by atoms with Crippen molar-refractivity contribution in [3.63, 3.8) is 0 Å². The van der Waals surface area contributed by atoms with Gasteiger partial charge in [0, 0.05) is 44.9 Å². The van der Waals surface area contributed by atoms with Crippen LogP contribution in [0.5, 0.6) is 0 Å². The van der Waals surface area contributed by atoms with Gasteiger partial charge < -0.3 is 15.1 Å². The minimum atomic E-state index is -0.575. The van der Waals surface area contributed by atoms with Crippen molar-refractivity contribution in [2.45, 2.75) is 6.92 Å². The fourth-order valence-electron chi connectivity index (χ4n) is 4.02. The molecule has 0 atom stereocenters. The van der Waals surface area contributed by atoms with Gasteiger partial charge in [-0.15, -0.1) is 0 Å². The summed E-state index contributed by atoms with van der Waals surface area (Å²) < 4.78 is 3.12. The predicted molar refractivity (Wildman–Crippen MR) is 127 cm³/mol. The number of nitro benzene ring substituents is 1. The van der Waals surface area contributed by atoms with E-state index < -0.39 is 10.8 Å². The maximum atomic E-state index is 13.0. The number of hydrogen-bond acceptors (Lipinski definition) is 6. The number of nitro groups is 1. The molecule has 10 heteroatoms. The van der Waals surface area contributed by atoms with E-state index in [0.29, 0.717) is 30.2 Å². The van der Waals surface area contributed by atoms with Gasteiger partial charge in [-0.25, -0.2) is 4.68 Å². The van der Waals surface area contributed by atoms with Crippen LogP contribution in [0, 0.1) is 17.0 Å². The van der Waals surface area contributed by atoms with Gasteiger partial charge in [0.05, 0.1) is 16.3 Å². The topological polar surface area (TPSA) is 106 Å². The van der Waals surface area contributed by atoms with E-state index in [1.807, 2.05) is 30.1 Å². The molecule has 2 aromatic carbocycles. The number of amides is 1. The van der Waals surface area contributed by atoms with Crippen LogP contribution in [0.4, 0.5) is 17.1 Å². The highest BCUT2D eigenvalue weighted by molar-refractivity contribution is 6.05. The van der Waals surface area contributed by atoms with E-state index in [1.165, 1.54) is 10.7 Å². The summed E-state index contributed by atoms with van der Waals surface area (Å²) in [4.78, 5) is 41.4. The van der Waals surface area contributed by atoms with Crippen LogP contribution in [-0.4, -0.2) is 58.3 Å². The molecule has 0 radical (unpaired) electrons. The first-order chi connectivity index (χ1) is 15.8. The molecule has 0 spiro atoms. The number of benzene rings is 2. The zero-order valence-electron chi connectivity index (χ0n) is 18.8. The van der Waals surface area contributed by atoms with Gasteiger partial charge in [0.25, 0.3) is 17.2 Å². The van der Waals surface area contributed by atoms with Crippen molar-refractivity contribution in [2.75, 3.05) is 43.4 Å². The number of aromatic nitrogens is 2. The Hall–Kier alpha value is -3.92. The highest BCUT2D eigenvalue weighted by atomic mass is 16.6. The van der Waals surface area contributed by atoms with Gasteiger partial charge in [-0.1, -0.05) is 18.2 Å². The summed E-state index contributed by atoms with van der Waals surface area (Å²) >= 11 is 0. The lowest BCUT2D eigenvalue weighted by Gasteiger charge is -2.33. The Morgan fingerprint density at radius 1 is 1.03 bits per heavy atom. The number of nitrogens with one attached hydrogen (secondary N) is 1. The quantitative estimate of drug-likeness (QED) is 0.473. The Bertz CT molecular complexity index is 1260. The van der Waals surface area contributed by atoms with Crippen molar-refractivity contribution < 1.29 is 9.72 Å². The largest absolute Gasteiger partial charge is 0.363 e. The minimum absolute atomic E-state index is 0.119. The zero-order chi connectivity index (χ0) is 23.7. The van der Waals surface area contributed by atoms with Gasteiger partial charge in [0.2, 0.25) is 0 Å². The van der Waals surface area contributed by atoms with Gasteiger partial charge in [-0.05, 0) is 38.2 Å². The predicted octanol–water partition coefficient (Wildman–Crippen LogP) is 2.40. The molecule has 2 heterocycles. The summed E-state index contributed by atoms with van der Waals surface area (Å²) in [5.74, 6) is -0.575. The number of rotatable bonds is 5. The smallest absolute Gasteiger partial charge is 0.295 e. The SMILES string of the molecule is Cc1c(NC(=O)c2ccc(N3CCN(C)CC3)c([N+](=O)[O-])c2)c(=O)n(-c2ccccc2)n1C. The Balaban J connectivity index is 1.64.